The first kappa shape index (κ1) is 20.8. The molecule has 1 saturated heterocycles. The fourth-order valence-corrected chi connectivity index (χ4v) is 4.48. The molecule has 2 atom stereocenters. The quantitative estimate of drug-likeness (QED) is 0.373. The van der Waals surface area contributed by atoms with E-state index in [0.29, 0.717) is 29.1 Å². The van der Waals surface area contributed by atoms with Crippen molar-refractivity contribution in [3.05, 3.63) is 89.1 Å². The number of benzene rings is 2. The van der Waals surface area contributed by atoms with Crippen LogP contribution in [0.2, 0.25) is 0 Å². The Hall–Kier alpha value is -4.13. The number of Topliss-reactive ketones (excluding diaryl/α,β-unsaturated/α-hetero) is 1. The second-order valence-electron chi connectivity index (χ2n) is 8.05. The predicted octanol–water partition coefficient (Wildman–Crippen LogP) is 4.04. The Bertz CT molecular complexity index is 1280. The van der Waals surface area contributed by atoms with Crippen LogP contribution in [0.5, 0.6) is 11.5 Å². The number of ketones is 1. The predicted molar refractivity (Wildman–Crippen MR) is 122 cm³/mol. The summed E-state index contributed by atoms with van der Waals surface area (Å²) in [6.45, 7) is 1.97. The highest BCUT2D eigenvalue weighted by Crippen LogP contribution is 2.44. The highest BCUT2D eigenvalue weighted by molar-refractivity contribution is 6.51. The minimum Gasteiger partial charge on any atom is -0.507 e. The van der Waals surface area contributed by atoms with Crippen LogP contribution < -0.4 is 14.4 Å². The van der Waals surface area contributed by atoms with Crippen LogP contribution in [0.4, 0.5) is 5.82 Å². The number of ether oxygens (including phenoxy) is 2. The van der Waals surface area contributed by atoms with E-state index < -0.39 is 17.7 Å². The van der Waals surface area contributed by atoms with Crippen molar-refractivity contribution < 1.29 is 24.2 Å². The number of aromatic nitrogens is 1. The molecule has 2 unspecified atom stereocenters. The van der Waals surface area contributed by atoms with Gasteiger partial charge < -0.3 is 14.6 Å². The molecule has 7 heteroatoms. The molecule has 3 heterocycles. The molecular weight excluding hydrogens is 420 g/mol. The Balaban J connectivity index is 1.72. The molecular formula is C26H22N2O5. The smallest absolute Gasteiger partial charge is 0.301 e. The van der Waals surface area contributed by atoms with Gasteiger partial charge in [0.25, 0.3) is 5.78 Å². The number of rotatable bonds is 4. The molecule has 0 saturated carbocycles. The molecule has 0 spiro atoms. The zero-order valence-electron chi connectivity index (χ0n) is 18.2. The van der Waals surface area contributed by atoms with Crippen LogP contribution >= 0.6 is 0 Å². The number of carbonyl (C=O) groups excluding carboxylic acids is 2. The molecule has 33 heavy (non-hydrogen) atoms. The van der Waals surface area contributed by atoms with Crippen molar-refractivity contribution in [3.8, 4) is 11.5 Å². The number of hydrogen-bond acceptors (Lipinski definition) is 6. The van der Waals surface area contributed by atoms with Crippen LogP contribution in [0.3, 0.4) is 0 Å². The molecule has 2 aromatic carbocycles. The molecule has 0 radical (unpaired) electrons. The van der Waals surface area contributed by atoms with Gasteiger partial charge in [-0.1, -0.05) is 24.3 Å². The molecule has 3 aromatic rings. The largest absolute Gasteiger partial charge is 0.507 e. The van der Waals surface area contributed by atoms with Gasteiger partial charge in [-0.2, -0.15) is 0 Å². The second kappa shape index (κ2) is 8.09. The standard InChI is InChI=1S/C26H22N2O5/c1-15-13-17-14-16(10-11-19(17)33-15)24(29)22-23(18-7-3-4-8-20(18)32-2)28(26(31)25(22)30)21-9-5-6-12-27-21/h3-12,14-15,23,29H,13H2,1-2H3/b24-22+. The first-order chi connectivity index (χ1) is 16.0. The topological polar surface area (TPSA) is 89.0 Å². The van der Waals surface area contributed by atoms with Crippen molar-refractivity contribution in [2.75, 3.05) is 12.0 Å². The number of carbonyl (C=O) groups is 2. The fraction of sp³-hybridized carbons (Fsp3) is 0.192. The summed E-state index contributed by atoms with van der Waals surface area (Å²) in [5.74, 6) is -0.221. The minimum atomic E-state index is -0.903. The van der Waals surface area contributed by atoms with Crippen LogP contribution in [0.1, 0.15) is 29.7 Å². The monoisotopic (exact) mass is 442 g/mol. The van der Waals surface area contributed by atoms with Crippen molar-refractivity contribution in [2.45, 2.75) is 25.5 Å². The maximum Gasteiger partial charge on any atom is 0.301 e. The van der Waals surface area contributed by atoms with Crippen LogP contribution in [-0.2, 0) is 16.0 Å². The van der Waals surface area contributed by atoms with Gasteiger partial charge in [0, 0.05) is 23.7 Å². The summed E-state index contributed by atoms with van der Waals surface area (Å²) in [6.07, 6.45) is 2.30. The normalized spacial score (nSPS) is 21.1. The third-order valence-electron chi connectivity index (χ3n) is 5.94. The van der Waals surface area contributed by atoms with Gasteiger partial charge in [-0.15, -0.1) is 0 Å². The number of methoxy groups -OCH3 is 1. The van der Waals surface area contributed by atoms with E-state index in [2.05, 4.69) is 4.98 Å². The average Bonchev–Trinajstić information content (AvgIpc) is 3.34. The number of hydrogen-bond donors (Lipinski definition) is 1. The first-order valence-corrected chi connectivity index (χ1v) is 10.6. The van der Waals surface area contributed by atoms with E-state index in [1.165, 1.54) is 12.0 Å². The highest BCUT2D eigenvalue weighted by atomic mass is 16.5. The summed E-state index contributed by atoms with van der Waals surface area (Å²) in [6, 6.07) is 16.6. The SMILES string of the molecule is COc1ccccc1C1/C(=C(\O)c2ccc3c(c2)CC(C)O3)C(=O)C(=O)N1c1ccccn1. The van der Waals surface area contributed by atoms with Gasteiger partial charge in [0.2, 0.25) is 0 Å². The van der Waals surface area contributed by atoms with Gasteiger partial charge in [0.05, 0.1) is 12.7 Å². The first-order valence-electron chi connectivity index (χ1n) is 10.6. The third kappa shape index (κ3) is 3.42. The molecule has 1 fully saturated rings. The van der Waals surface area contributed by atoms with Crippen LogP contribution in [0.25, 0.3) is 5.76 Å². The molecule has 1 N–H and O–H groups in total. The van der Waals surface area contributed by atoms with E-state index in [1.54, 1.807) is 60.8 Å². The number of nitrogens with zero attached hydrogens (tertiary/aromatic N) is 2. The molecule has 1 amide bonds. The molecule has 2 aliphatic rings. The van der Waals surface area contributed by atoms with Crippen molar-refractivity contribution >= 4 is 23.3 Å². The van der Waals surface area contributed by atoms with Gasteiger partial charge >= 0.3 is 5.91 Å². The maximum atomic E-state index is 13.3. The molecule has 0 aliphatic carbocycles. The lowest BCUT2D eigenvalue weighted by Crippen LogP contribution is -2.30. The van der Waals surface area contributed by atoms with Gasteiger partial charge in [0.1, 0.15) is 35.2 Å². The number of amides is 1. The fourth-order valence-electron chi connectivity index (χ4n) is 4.48. The van der Waals surface area contributed by atoms with Crippen LogP contribution in [-0.4, -0.2) is 35.0 Å². The molecule has 7 nitrogen and oxygen atoms in total. The van der Waals surface area contributed by atoms with Crippen molar-refractivity contribution in [2.24, 2.45) is 0 Å². The van der Waals surface area contributed by atoms with E-state index in [4.69, 9.17) is 9.47 Å². The Morgan fingerprint density at radius 3 is 2.67 bits per heavy atom. The van der Waals surface area contributed by atoms with Crippen molar-refractivity contribution in [1.82, 2.24) is 4.98 Å². The summed E-state index contributed by atoms with van der Waals surface area (Å²) in [7, 11) is 1.52. The molecule has 0 bridgehead atoms. The second-order valence-corrected chi connectivity index (χ2v) is 8.05. The lowest BCUT2D eigenvalue weighted by molar-refractivity contribution is -0.132. The lowest BCUT2D eigenvalue weighted by Gasteiger charge is -2.25. The van der Waals surface area contributed by atoms with E-state index in [1.807, 2.05) is 13.0 Å². The van der Waals surface area contributed by atoms with E-state index in [-0.39, 0.29) is 17.4 Å². The lowest BCUT2D eigenvalue weighted by atomic mass is 9.94. The Morgan fingerprint density at radius 1 is 1.12 bits per heavy atom. The summed E-state index contributed by atoms with van der Waals surface area (Å²) in [4.78, 5) is 32.1. The number of pyridine rings is 1. The van der Waals surface area contributed by atoms with Gasteiger partial charge in [-0.05, 0) is 48.9 Å². The summed E-state index contributed by atoms with van der Waals surface area (Å²) < 4.78 is 11.3. The Morgan fingerprint density at radius 2 is 1.91 bits per heavy atom. The summed E-state index contributed by atoms with van der Waals surface area (Å²) in [5.41, 5.74) is 1.95. The summed E-state index contributed by atoms with van der Waals surface area (Å²) in [5, 5.41) is 11.3. The molecule has 5 rings (SSSR count). The Labute approximate surface area is 190 Å². The minimum absolute atomic E-state index is 0.0120. The molecule has 1 aromatic heterocycles. The molecule has 2 aliphatic heterocycles. The van der Waals surface area contributed by atoms with E-state index >= 15 is 0 Å². The van der Waals surface area contributed by atoms with E-state index in [0.717, 1.165) is 11.3 Å². The van der Waals surface area contributed by atoms with Crippen molar-refractivity contribution in [3.63, 3.8) is 0 Å². The number of aliphatic hydroxyl groups is 1. The zero-order valence-corrected chi connectivity index (χ0v) is 18.2. The van der Waals surface area contributed by atoms with Crippen LogP contribution in [0.15, 0.2) is 72.4 Å². The van der Waals surface area contributed by atoms with Gasteiger partial charge in [0.15, 0.2) is 0 Å². The Kier molecular flexibility index (Phi) is 5.09. The number of fused-ring (bicyclic) bond motifs is 1. The third-order valence-corrected chi connectivity index (χ3v) is 5.94. The van der Waals surface area contributed by atoms with E-state index in [9.17, 15) is 14.7 Å². The van der Waals surface area contributed by atoms with Gasteiger partial charge in [-0.3, -0.25) is 14.5 Å². The zero-order chi connectivity index (χ0) is 23.1. The number of aliphatic hydroxyl groups excluding tert-OH is 1. The number of anilines is 1. The molecule has 166 valence electrons. The highest BCUT2D eigenvalue weighted by Gasteiger charge is 2.48. The average molecular weight is 442 g/mol. The summed E-state index contributed by atoms with van der Waals surface area (Å²) >= 11 is 0. The van der Waals surface area contributed by atoms with Gasteiger partial charge in [-0.25, -0.2) is 4.98 Å². The van der Waals surface area contributed by atoms with Crippen molar-refractivity contribution in [1.29, 1.82) is 0 Å². The maximum absolute atomic E-state index is 13.3. The van der Waals surface area contributed by atoms with Crippen LogP contribution in [0, 0.1) is 0 Å². The number of para-hydroxylation sites is 1.